The molecule has 1 aliphatic heterocycles. The summed E-state index contributed by atoms with van der Waals surface area (Å²) in [7, 11) is 4.22. The van der Waals surface area contributed by atoms with Crippen LogP contribution in [-0.2, 0) is 19.9 Å². The van der Waals surface area contributed by atoms with Gasteiger partial charge in [0, 0.05) is 48.9 Å². The van der Waals surface area contributed by atoms with E-state index in [4.69, 9.17) is 0 Å². The van der Waals surface area contributed by atoms with Crippen molar-refractivity contribution in [2.75, 3.05) is 38.2 Å². The van der Waals surface area contributed by atoms with Gasteiger partial charge in [-0.3, -0.25) is 9.48 Å². The van der Waals surface area contributed by atoms with Gasteiger partial charge in [-0.15, -0.1) is 0 Å². The molecule has 2 aliphatic rings. The molecule has 134 valence electrons. The lowest BCUT2D eigenvalue weighted by atomic mass is 9.90. The van der Waals surface area contributed by atoms with Crippen molar-refractivity contribution in [2.45, 2.75) is 45.1 Å². The Morgan fingerprint density at radius 2 is 2.12 bits per heavy atom. The molecule has 1 aromatic rings. The molecule has 1 aliphatic carbocycles. The fourth-order valence-corrected chi connectivity index (χ4v) is 4.73. The van der Waals surface area contributed by atoms with Gasteiger partial charge in [0.1, 0.15) is 0 Å². The summed E-state index contributed by atoms with van der Waals surface area (Å²) in [6.07, 6.45) is 5.63. The van der Waals surface area contributed by atoms with E-state index in [0.717, 1.165) is 44.0 Å². The topological polar surface area (TPSA) is 41.4 Å². The first kappa shape index (κ1) is 17.8. The van der Waals surface area contributed by atoms with Gasteiger partial charge in [-0.05, 0) is 39.3 Å². The molecule has 0 N–H and O–H groups in total. The van der Waals surface area contributed by atoms with Gasteiger partial charge in [-0.25, -0.2) is 0 Å². The SMILES string of the molecule is CCCCN(C)[C@@H]1CCc2c(c(C(=O)N3CCSCC3)nn2C)C1. The van der Waals surface area contributed by atoms with Gasteiger partial charge in [0.25, 0.3) is 5.91 Å². The number of aryl methyl sites for hydroxylation is 1. The van der Waals surface area contributed by atoms with Crippen LogP contribution in [0.2, 0.25) is 0 Å². The molecular weight excluding hydrogens is 320 g/mol. The molecule has 3 rings (SSSR count). The number of aromatic nitrogens is 2. The first-order valence-electron chi connectivity index (χ1n) is 9.23. The summed E-state index contributed by atoms with van der Waals surface area (Å²) in [5.74, 6) is 2.23. The largest absolute Gasteiger partial charge is 0.336 e. The summed E-state index contributed by atoms with van der Waals surface area (Å²) in [6, 6.07) is 0.539. The number of hydrogen-bond donors (Lipinski definition) is 0. The van der Waals surface area contributed by atoms with Crippen LogP contribution < -0.4 is 0 Å². The van der Waals surface area contributed by atoms with E-state index in [-0.39, 0.29) is 5.91 Å². The van der Waals surface area contributed by atoms with E-state index in [9.17, 15) is 4.79 Å². The van der Waals surface area contributed by atoms with Gasteiger partial charge in [0.2, 0.25) is 0 Å². The lowest BCUT2D eigenvalue weighted by Gasteiger charge is -2.32. The third kappa shape index (κ3) is 3.64. The quantitative estimate of drug-likeness (QED) is 0.816. The van der Waals surface area contributed by atoms with Crippen LogP contribution in [0.25, 0.3) is 0 Å². The molecule has 1 aromatic heterocycles. The molecule has 6 heteroatoms. The number of rotatable bonds is 5. The molecule has 1 fully saturated rings. The molecule has 1 amide bonds. The molecule has 0 saturated carbocycles. The number of carbonyl (C=O) groups excluding carboxylic acids is 1. The van der Waals surface area contributed by atoms with Crippen LogP contribution in [-0.4, -0.2) is 69.7 Å². The first-order valence-corrected chi connectivity index (χ1v) is 10.4. The zero-order valence-electron chi connectivity index (χ0n) is 15.3. The molecular formula is C18H30N4OS. The average molecular weight is 351 g/mol. The highest BCUT2D eigenvalue weighted by molar-refractivity contribution is 7.99. The van der Waals surface area contributed by atoms with E-state index in [1.165, 1.54) is 30.5 Å². The minimum Gasteiger partial charge on any atom is -0.336 e. The van der Waals surface area contributed by atoms with Gasteiger partial charge in [0.05, 0.1) is 0 Å². The highest BCUT2D eigenvalue weighted by Gasteiger charge is 2.32. The molecule has 0 spiro atoms. The molecule has 2 heterocycles. The van der Waals surface area contributed by atoms with Crippen molar-refractivity contribution >= 4 is 17.7 Å². The second-order valence-electron chi connectivity index (χ2n) is 7.03. The lowest BCUT2D eigenvalue weighted by molar-refractivity contribution is 0.0764. The van der Waals surface area contributed by atoms with Crippen molar-refractivity contribution in [1.82, 2.24) is 19.6 Å². The summed E-state index contributed by atoms with van der Waals surface area (Å²) < 4.78 is 1.95. The molecule has 0 unspecified atom stereocenters. The summed E-state index contributed by atoms with van der Waals surface area (Å²) in [5, 5.41) is 4.62. The maximum absolute atomic E-state index is 13.0. The van der Waals surface area contributed by atoms with Gasteiger partial charge in [-0.2, -0.15) is 16.9 Å². The van der Waals surface area contributed by atoms with Crippen LogP contribution in [0.1, 0.15) is 47.9 Å². The van der Waals surface area contributed by atoms with Crippen molar-refractivity contribution in [3.63, 3.8) is 0 Å². The second-order valence-corrected chi connectivity index (χ2v) is 8.26. The number of nitrogens with zero attached hydrogens (tertiary/aromatic N) is 4. The normalized spacial score (nSPS) is 21.2. The minimum atomic E-state index is 0.143. The molecule has 1 saturated heterocycles. The van der Waals surface area contributed by atoms with Crippen LogP contribution in [0.15, 0.2) is 0 Å². The van der Waals surface area contributed by atoms with E-state index in [1.54, 1.807) is 0 Å². The van der Waals surface area contributed by atoms with Crippen molar-refractivity contribution < 1.29 is 4.79 Å². The number of carbonyl (C=O) groups is 1. The number of unbranched alkanes of at least 4 members (excludes halogenated alkanes) is 1. The molecule has 0 bridgehead atoms. The van der Waals surface area contributed by atoms with Crippen LogP contribution in [0.5, 0.6) is 0 Å². The molecule has 24 heavy (non-hydrogen) atoms. The third-order valence-corrected chi connectivity index (χ3v) is 6.36. The Balaban J connectivity index is 1.77. The highest BCUT2D eigenvalue weighted by atomic mass is 32.2. The van der Waals surface area contributed by atoms with Crippen molar-refractivity contribution in [1.29, 1.82) is 0 Å². The Morgan fingerprint density at radius 3 is 2.83 bits per heavy atom. The zero-order valence-corrected chi connectivity index (χ0v) is 16.1. The predicted octanol–water partition coefficient (Wildman–Crippen LogP) is 2.20. The maximum Gasteiger partial charge on any atom is 0.274 e. The van der Waals surface area contributed by atoms with Crippen LogP contribution in [0, 0.1) is 0 Å². The molecule has 0 radical (unpaired) electrons. The average Bonchev–Trinajstić information content (AvgIpc) is 2.96. The number of fused-ring (bicyclic) bond motifs is 1. The minimum absolute atomic E-state index is 0.143. The summed E-state index contributed by atoms with van der Waals surface area (Å²) in [4.78, 5) is 17.4. The Kier molecular flexibility index (Phi) is 5.87. The zero-order chi connectivity index (χ0) is 17.1. The van der Waals surface area contributed by atoms with Crippen LogP contribution >= 0.6 is 11.8 Å². The monoisotopic (exact) mass is 350 g/mol. The van der Waals surface area contributed by atoms with Crippen LogP contribution in [0.3, 0.4) is 0 Å². The number of likely N-dealkylation sites (N-methyl/N-ethyl adjacent to an activating group) is 1. The summed E-state index contributed by atoms with van der Waals surface area (Å²) in [6.45, 7) is 5.09. The van der Waals surface area contributed by atoms with E-state index in [1.807, 2.05) is 28.4 Å². The molecule has 5 nitrogen and oxygen atoms in total. The molecule has 1 atom stereocenters. The molecule has 0 aromatic carbocycles. The number of thioether (sulfide) groups is 1. The van der Waals surface area contributed by atoms with Gasteiger partial charge >= 0.3 is 0 Å². The van der Waals surface area contributed by atoms with E-state index >= 15 is 0 Å². The Hall–Kier alpha value is -1.01. The number of hydrogen-bond acceptors (Lipinski definition) is 4. The predicted molar refractivity (Wildman–Crippen MR) is 99.8 cm³/mol. The van der Waals surface area contributed by atoms with E-state index in [0.29, 0.717) is 11.7 Å². The van der Waals surface area contributed by atoms with E-state index in [2.05, 4.69) is 24.0 Å². The smallest absolute Gasteiger partial charge is 0.274 e. The van der Waals surface area contributed by atoms with Gasteiger partial charge in [0.15, 0.2) is 5.69 Å². The van der Waals surface area contributed by atoms with Crippen molar-refractivity contribution in [3.05, 3.63) is 17.0 Å². The van der Waals surface area contributed by atoms with Crippen LogP contribution in [0.4, 0.5) is 0 Å². The van der Waals surface area contributed by atoms with Crippen molar-refractivity contribution in [2.24, 2.45) is 7.05 Å². The fraction of sp³-hybridized carbons (Fsp3) is 0.778. The maximum atomic E-state index is 13.0. The Morgan fingerprint density at radius 1 is 1.38 bits per heavy atom. The Labute approximate surface area is 149 Å². The fourth-order valence-electron chi connectivity index (χ4n) is 3.83. The third-order valence-electron chi connectivity index (χ3n) is 5.42. The number of amides is 1. The van der Waals surface area contributed by atoms with Crippen molar-refractivity contribution in [3.8, 4) is 0 Å². The van der Waals surface area contributed by atoms with E-state index < -0.39 is 0 Å². The first-order chi connectivity index (χ1) is 11.6. The standard InChI is InChI=1S/C18H30N4OS/c1-4-5-8-20(2)14-6-7-16-15(13-14)17(19-21(16)3)18(23)22-9-11-24-12-10-22/h14H,4-13H2,1-3H3/t14-/m1/s1. The summed E-state index contributed by atoms with van der Waals surface area (Å²) in [5.41, 5.74) is 3.19. The highest BCUT2D eigenvalue weighted by Crippen LogP contribution is 2.28. The lowest BCUT2D eigenvalue weighted by Crippen LogP contribution is -2.40. The summed E-state index contributed by atoms with van der Waals surface area (Å²) >= 11 is 1.93. The van der Waals surface area contributed by atoms with Gasteiger partial charge < -0.3 is 9.80 Å². The Bertz CT molecular complexity index is 580. The second kappa shape index (κ2) is 7.91. The van der Waals surface area contributed by atoms with Gasteiger partial charge in [-0.1, -0.05) is 13.3 Å².